The number of halogens is 1. The molecule has 1 saturated heterocycles. The molecule has 3 N–H and O–H groups in total. The Morgan fingerprint density at radius 2 is 2.00 bits per heavy atom. The molecule has 1 aliphatic heterocycles. The van der Waals surface area contributed by atoms with Crippen LogP contribution in [0.5, 0.6) is 0 Å². The minimum atomic E-state index is -3.75. The molecular formula is C12H17ClN2O3S. The summed E-state index contributed by atoms with van der Waals surface area (Å²) in [7, 11) is -3.75. The number of β-amino-alcohol motifs (C(OH)–C–C–N with tert-alkyl or cyclic N) is 1. The molecule has 5 nitrogen and oxygen atoms in total. The second-order valence-electron chi connectivity index (χ2n) is 5.19. The molecule has 106 valence electrons. The van der Waals surface area contributed by atoms with Crippen molar-refractivity contribution in [2.45, 2.75) is 24.3 Å². The lowest BCUT2D eigenvalue weighted by Crippen LogP contribution is -2.65. The number of nitrogen functional groups attached to an aromatic ring is 1. The maximum atomic E-state index is 12.4. The van der Waals surface area contributed by atoms with Gasteiger partial charge >= 0.3 is 0 Å². The molecule has 0 spiro atoms. The molecule has 19 heavy (non-hydrogen) atoms. The van der Waals surface area contributed by atoms with Crippen LogP contribution in [0.3, 0.4) is 0 Å². The summed E-state index contributed by atoms with van der Waals surface area (Å²) in [4.78, 5) is -0.0810. The van der Waals surface area contributed by atoms with E-state index in [-0.39, 0.29) is 34.6 Å². The number of aliphatic hydroxyl groups is 1. The normalized spacial score (nSPS) is 19.4. The molecule has 1 aliphatic rings. The number of nitrogens with zero attached hydrogens (tertiary/aromatic N) is 1. The van der Waals surface area contributed by atoms with Crippen LogP contribution in [0.1, 0.15) is 13.8 Å². The summed E-state index contributed by atoms with van der Waals surface area (Å²) in [5.74, 6) is -0.0115. The van der Waals surface area contributed by atoms with Gasteiger partial charge in [-0.1, -0.05) is 31.5 Å². The van der Waals surface area contributed by atoms with Crippen LogP contribution in [0.4, 0.5) is 5.69 Å². The van der Waals surface area contributed by atoms with Gasteiger partial charge < -0.3 is 10.8 Å². The molecule has 0 amide bonds. The van der Waals surface area contributed by atoms with E-state index < -0.39 is 15.6 Å². The minimum absolute atomic E-state index is 0.0115. The van der Waals surface area contributed by atoms with Crippen LogP contribution < -0.4 is 5.73 Å². The SMILES string of the molecule is CC(C)C1(O)CN(S(=O)(=O)c2c(N)cccc2Cl)C1. The van der Waals surface area contributed by atoms with E-state index in [1.807, 2.05) is 13.8 Å². The van der Waals surface area contributed by atoms with Crippen LogP contribution in [0.2, 0.25) is 5.02 Å². The molecule has 7 heteroatoms. The molecule has 0 atom stereocenters. The Kier molecular flexibility index (Phi) is 3.55. The monoisotopic (exact) mass is 304 g/mol. The van der Waals surface area contributed by atoms with E-state index in [9.17, 15) is 13.5 Å². The number of benzene rings is 1. The van der Waals surface area contributed by atoms with Crippen LogP contribution in [-0.2, 0) is 10.0 Å². The summed E-state index contributed by atoms with van der Waals surface area (Å²) in [5, 5.41) is 10.2. The van der Waals surface area contributed by atoms with Crippen molar-refractivity contribution in [3.8, 4) is 0 Å². The molecule has 0 radical (unpaired) electrons. The quantitative estimate of drug-likeness (QED) is 0.825. The van der Waals surface area contributed by atoms with Gasteiger partial charge in [-0.25, -0.2) is 8.42 Å². The first-order valence-electron chi connectivity index (χ1n) is 5.95. The zero-order valence-corrected chi connectivity index (χ0v) is 12.4. The molecular weight excluding hydrogens is 288 g/mol. The van der Waals surface area contributed by atoms with Crippen molar-refractivity contribution in [2.75, 3.05) is 18.8 Å². The van der Waals surface area contributed by atoms with Gasteiger partial charge in [0.1, 0.15) is 4.90 Å². The van der Waals surface area contributed by atoms with Crippen LogP contribution >= 0.6 is 11.6 Å². The number of nitrogens with two attached hydrogens (primary N) is 1. The fraction of sp³-hybridized carbons (Fsp3) is 0.500. The highest BCUT2D eigenvalue weighted by Gasteiger charge is 2.49. The number of sulfonamides is 1. The molecule has 1 aromatic rings. The molecule has 2 rings (SSSR count). The Labute approximate surface area is 118 Å². The van der Waals surface area contributed by atoms with Crippen molar-refractivity contribution in [1.82, 2.24) is 4.31 Å². The van der Waals surface area contributed by atoms with Crippen molar-refractivity contribution < 1.29 is 13.5 Å². The Bertz CT molecular complexity index is 575. The number of hydrogen-bond acceptors (Lipinski definition) is 4. The largest absolute Gasteiger partial charge is 0.398 e. The third-order valence-electron chi connectivity index (χ3n) is 3.57. The first-order chi connectivity index (χ1) is 8.68. The third-order valence-corrected chi connectivity index (χ3v) is 5.91. The lowest BCUT2D eigenvalue weighted by molar-refractivity contribution is -0.0932. The molecule has 1 heterocycles. The van der Waals surface area contributed by atoms with Gasteiger partial charge in [0.15, 0.2) is 0 Å². The average molecular weight is 305 g/mol. The Hall–Kier alpha value is -0.820. The van der Waals surface area contributed by atoms with E-state index in [4.69, 9.17) is 17.3 Å². The molecule has 1 aromatic carbocycles. The predicted molar refractivity (Wildman–Crippen MR) is 74.4 cm³/mol. The van der Waals surface area contributed by atoms with Crippen molar-refractivity contribution in [3.63, 3.8) is 0 Å². The Balaban J connectivity index is 2.32. The summed E-state index contributed by atoms with van der Waals surface area (Å²) in [6.07, 6.45) is 0. The first kappa shape index (κ1) is 14.6. The van der Waals surface area contributed by atoms with Gasteiger partial charge in [0.25, 0.3) is 0 Å². The topological polar surface area (TPSA) is 83.6 Å². The van der Waals surface area contributed by atoms with Gasteiger partial charge in [0.05, 0.1) is 16.3 Å². The summed E-state index contributed by atoms with van der Waals surface area (Å²) in [6.45, 7) is 3.84. The second kappa shape index (κ2) is 4.63. The number of hydrogen-bond donors (Lipinski definition) is 2. The Morgan fingerprint density at radius 1 is 1.42 bits per heavy atom. The first-order valence-corrected chi connectivity index (χ1v) is 7.77. The average Bonchev–Trinajstić information content (AvgIpc) is 2.23. The highest BCUT2D eigenvalue weighted by Crippen LogP contribution is 2.37. The van der Waals surface area contributed by atoms with E-state index in [0.717, 1.165) is 0 Å². The zero-order chi connectivity index (χ0) is 14.4. The van der Waals surface area contributed by atoms with Crippen LogP contribution in [0, 0.1) is 5.92 Å². The van der Waals surface area contributed by atoms with E-state index in [0.29, 0.717) is 0 Å². The second-order valence-corrected chi connectivity index (χ2v) is 7.47. The zero-order valence-electron chi connectivity index (χ0n) is 10.8. The van der Waals surface area contributed by atoms with Crippen LogP contribution in [0.25, 0.3) is 0 Å². The molecule has 1 fully saturated rings. The lowest BCUT2D eigenvalue weighted by atomic mass is 9.85. The van der Waals surface area contributed by atoms with Gasteiger partial charge in [0.2, 0.25) is 10.0 Å². The molecule has 0 unspecified atom stereocenters. The van der Waals surface area contributed by atoms with Gasteiger partial charge in [-0.05, 0) is 18.1 Å². The fourth-order valence-corrected chi connectivity index (χ4v) is 4.23. The molecule has 0 bridgehead atoms. The van der Waals surface area contributed by atoms with Crippen molar-refractivity contribution in [1.29, 1.82) is 0 Å². The van der Waals surface area contributed by atoms with Crippen LogP contribution in [0.15, 0.2) is 23.1 Å². The summed E-state index contributed by atoms with van der Waals surface area (Å²) in [6, 6.07) is 4.57. The van der Waals surface area contributed by atoms with E-state index in [2.05, 4.69) is 0 Å². The minimum Gasteiger partial charge on any atom is -0.398 e. The summed E-state index contributed by atoms with van der Waals surface area (Å²) < 4.78 is 26.0. The lowest BCUT2D eigenvalue weighted by Gasteiger charge is -2.48. The highest BCUT2D eigenvalue weighted by molar-refractivity contribution is 7.89. The maximum Gasteiger partial charge on any atom is 0.246 e. The summed E-state index contributed by atoms with van der Waals surface area (Å²) in [5.41, 5.74) is 4.85. The molecule has 0 saturated carbocycles. The third kappa shape index (κ3) is 2.33. The van der Waals surface area contributed by atoms with E-state index in [1.54, 1.807) is 6.07 Å². The molecule has 0 aromatic heterocycles. The van der Waals surface area contributed by atoms with Gasteiger partial charge in [-0.15, -0.1) is 0 Å². The van der Waals surface area contributed by atoms with Gasteiger partial charge in [0, 0.05) is 13.1 Å². The van der Waals surface area contributed by atoms with Crippen molar-refractivity contribution >= 4 is 27.3 Å². The molecule has 0 aliphatic carbocycles. The van der Waals surface area contributed by atoms with Crippen molar-refractivity contribution in [2.24, 2.45) is 5.92 Å². The predicted octanol–water partition coefficient (Wildman–Crippen LogP) is 1.31. The van der Waals surface area contributed by atoms with Gasteiger partial charge in [-0.3, -0.25) is 0 Å². The van der Waals surface area contributed by atoms with E-state index >= 15 is 0 Å². The number of rotatable bonds is 3. The van der Waals surface area contributed by atoms with Crippen LogP contribution in [-0.4, -0.2) is 36.5 Å². The van der Waals surface area contributed by atoms with Gasteiger partial charge in [-0.2, -0.15) is 4.31 Å². The van der Waals surface area contributed by atoms with Crippen molar-refractivity contribution in [3.05, 3.63) is 23.2 Å². The standard InChI is InChI=1S/C12H17ClN2O3S/c1-8(2)12(16)6-15(7-12)19(17,18)11-9(13)4-3-5-10(11)14/h3-5,8,16H,6-7,14H2,1-2H3. The summed E-state index contributed by atoms with van der Waals surface area (Å²) >= 11 is 5.92. The Morgan fingerprint density at radius 3 is 2.47 bits per heavy atom. The van der Waals surface area contributed by atoms with E-state index in [1.165, 1.54) is 16.4 Å². The maximum absolute atomic E-state index is 12.4. The highest BCUT2D eigenvalue weighted by atomic mass is 35.5. The smallest absolute Gasteiger partial charge is 0.246 e. The number of anilines is 1. The fourth-order valence-electron chi connectivity index (χ4n) is 2.03.